The van der Waals surface area contributed by atoms with Crippen LogP contribution in [0.25, 0.3) is 17.0 Å². The summed E-state index contributed by atoms with van der Waals surface area (Å²) in [5.41, 5.74) is 2.77. The average Bonchev–Trinajstić information content (AvgIpc) is 3.34. The summed E-state index contributed by atoms with van der Waals surface area (Å²) in [6.45, 7) is 2.34. The molecule has 206 valence electrons. The minimum absolute atomic E-state index is 0.0124. The SMILES string of the molecule is COC(=O)/C=C/c1cncc(N(CC2CCN(c3ccc4c(cnn4C)c3)CC2)C(=O)C2CCCC(O)C2)n1. The van der Waals surface area contributed by atoms with Gasteiger partial charge in [-0.05, 0) is 62.3 Å². The van der Waals surface area contributed by atoms with Crippen molar-refractivity contribution >= 4 is 40.4 Å². The molecule has 1 saturated heterocycles. The second kappa shape index (κ2) is 11.9. The van der Waals surface area contributed by atoms with Crippen molar-refractivity contribution in [3.05, 3.63) is 48.6 Å². The number of aliphatic hydroxyl groups excluding tert-OH is 1. The van der Waals surface area contributed by atoms with Crippen LogP contribution in [0.3, 0.4) is 0 Å². The van der Waals surface area contributed by atoms with Crippen molar-refractivity contribution in [1.29, 1.82) is 0 Å². The largest absolute Gasteiger partial charge is 0.466 e. The van der Waals surface area contributed by atoms with Gasteiger partial charge in [-0.25, -0.2) is 9.78 Å². The number of esters is 1. The Morgan fingerprint density at radius 3 is 2.74 bits per heavy atom. The molecule has 0 bridgehead atoms. The van der Waals surface area contributed by atoms with Gasteiger partial charge in [0.2, 0.25) is 5.91 Å². The highest BCUT2D eigenvalue weighted by Crippen LogP contribution is 2.31. The fourth-order valence-electron chi connectivity index (χ4n) is 5.69. The molecule has 3 aromatic rings. The van der Waals surface area contributed by atoms with Gasteiger partial charge in [0.15, 0.2) is 5.82 Å². The Hall–Kier alpha value is -3.79. The summed E-state index contributed by atoms with van der Waals surface area (Å²) >= 11 is 0. The molecule has 10 heteroatoms. The molecule has 2 atom stereocenters. The summed E-state index contributed by atoms with van der Waals surface area (Å²) in [6.07, 6.45) is 12.1. The Bertz CT molecular complexity index is 1350. The van der Waals surface area contributed by atoms with Gasteiger partial charge in [0, 0.05) is 49.7 Å². The Morgan fingerprint density at radius 2 is 1.97 bits per heavy atom. The monoisotopic (exact) mass is 532 g/mol. The zero-order valence-corrected chi connectivity index (χ0v) is 22.6. The molecule has 10 nitrogen and oxygen atoms in total. The number of carbonyl (C=O) groups is 2. The van der Waals surface area contributed by atoms with Crippen molar-refractivity contribution in [3.63, 3.8) is 0 Å². The second-order valence-corrected chi connectivity index (χ2v) is 10.6. The summed E-state index contributed by atoms with van der Waals surface area (Å²) in [5, 5.41) is 15.7. The van der Waals surface area contributed by atoms with Crippen LogP contribution in [0, 0.1) is 11.8 Å². The average molecular weight is 533 g/mol. The zero-order valence-electron chi connectivity index (χ0n) is 22.6. The normalized spacial score (nSPS) is 20.4. The van der Waals surface area contributed by atoms with Gasteiger partial charge < -0.3 is 14.7 Å². The molecular weight excluding hydrogens is 496 g/mol. The van der Waals surface area contributed by atoms with E-state index < -0.39 is 12.1 Å². The Kier molecular flexibility index (Phi) is 8.21. The molecule has 39 heavy (non-hydrogen) atoms. The highest BCUT2D eigenvalue weighted by molar-refractivity contribution is 5.94. The number of fused-ring (bicyclic) bond motifs is 1. The predicted molar refractivity (Wildman–Crippen MR) is 149 cm³/mol. The van der Waals surface area contributed by atoms with E-state index in [0.717, 1.165) is 56.1 Å². The fourth-order valence-corrected chi connectivity index (χ4v) is 5.69. The van der Waals surface area contributed by atoms with E-state index in [0.29, 0.717) is 30.4 Å². The summed E-state index contributed by atoms with van der Waals surface area (Å²) in [4.78, 5) is 38.4. The van der Waals surface area contributed by atoms with E-state index in [4.69, 9.17) is 0 Å². The van der Waals surface area contributed by atoms with Crippen molar-refractivity contribution in [2.75, 3.05) is 36.5 Å². The van der Waals surface area contributed by atoms with Crippen LogP contribution in [0.2, 0.25) is 0 Å². The van der Waals surface area contributed by atoms with Crippen LogP contribution in [-0.4, -0.2) is 69.6 Å². The lowest BCUT2D eigenvalue weighted by Crippen LogP contribution is -2.44. The van der Waals surface area contributed by atoms with E-state index in [1.807, 2.05) is 17.9 Å². The van der Waals surface area contributed by atoms with Crippen molar-refractivity contribution < 1.29 is 19.4 Å². The summed E-state index contributed by atoms with van der Waals surface area (Å²) < 4.78 is 6.55. The van der Waals surface area contributed by atoms with Gasteiger partial charge >= 0.3 is 5.97 Å². The van der Waals surface area contributed by atoms with Crippen LogP contribution in [-0.2, 0) is 21.4 Å². The van der Waals surface area contributed by atoms with Gasteiger partial charge in [-0.2, -0.15) is 5.10 Å². The predicted octanol–water partition coefficient (Wildman–Crippen LogP) is 3.35. The first kappa shape index (κ1) is 26.8. The summed E-state index contributed by atoms with van der Waals surface area (Å²) in [6, 6.07) is 6.45. The number of aliphatic hydroxyl groups is 1. The van der Waals surface area contributed by atoms with Crippen LogP contribution >= 0.6 is 0 Å². The van der Waals surface area contributed by atoms with Crippen LogP contribution in [0.15, 0.2) is 42.9 Å². The van der Waals surface area contributed by atoms with Crippen molar-refractivity contribution in [2.45, 2.75) is 44.6 Å². The number of ether oxygens (including phenoxy) is 1. The van der Waals surface area contributed by atoms with Gasteiger partial charge in [0.1, 0.15) is 0 Å². The number of aromatic nitrogens is 4. The molecule has 2 unspecified atom stereocenters. The number of methoxy groups -OCH3 is 1. The molecule has 2 aromatic heterocycles. The van der Waals surface area contributed by atoms with Crippen molar-refractivity contribution in [2.24, 2.45) is 18.9 Å². The molecule has 1 N–H and O–H groups in total. The van der Waals surface area contributed by atoms with Crippen molar-refractivity contribution in [1.82, 2.24) is 19.7 Å². The summed E-state index contributed by atoms with van der Waals surface area (Å²) in [5.74, 6) is 0.0342. The number of aryl methyl sites for hydroxylation is 1. The number of rotatable bonds is 7. The van der Waals surface area contributed by atoms with Gasteiger partial charge in [-0.1, -0.05) is 6.42 Å². The number of hydrogen-bond donors (Lipinski definition) is 1. The van der Waals surface area contributed by atoms with Crippen LogP contribution in [0.1, 0.15) is 44.2 Å². The van der Waals surface area contributed by atoms with E-state index in [-0.39, 0.29) is 11.8 Å². The molecule has 3 heterocycles. The lowest BCUT2D eigenvalue weighted by atomic mass is 9.86. The first-order chi connectivity index (χ1) is 18.9. The first-order valence-corrected chi connectivity index (χ1v) is 13.7. The molecule has 0 spiro atoms. The maximum Gasteiger partial charge on any atom is 0.330 e. The lowest BCUT2D eigenvalue weighted by Gasteiger charge is -2.37. The smallest absolute Gasteiger partial charge is 0.330 e. The molecule has 1 amide bonds. The third kappa shape index (κ3) is 6.27. The Balaban J connectivity index is 1.31. The van der Waals surface area contributed by atoms with E-state index in [1.54, 1.807) is 17.3 Å². The molecule has 1 aromatic carbocycles. The highest BCUT2D eigenvalue weighted by Gasteiger charge is 2.33. The molecule has 1 aliphatic heterocycles. The third-order valence-electron chi connectivity index (χ3n) is 7.92. The number of nitrogens with zero attached hydrogens (tertiary/aromatic N) is 6. The second-order valence-electron chi connectivity index (χ2n) is 10.6. The van der Waals surface area contributed by atoms with Crippen LogP contribution < -0.4 is 9.80 Å². The van der Waals surface area contributed by atoms with E-state index >= 15 is 0 Å². The molecule has 1 aliphatic carbocycles. The number of hydrogen-bond acceptors (Lipinski definition) is 8. The van der Waals surface area contributed by atoms with Crippen LogP contribution in [0.5, 0.6) is 0 Å². The quantitative estimate of drug-likeness (QED) is 0.364. The molecule has 2 fully saturated rings. The number of benzene rings is 1. The maximum atomic E-state index is 13.8. The van der Waals surface area contributed by atoms with E-state index in [9.17, 15) is 14.7 Å². The van der Waals surface area contributed by atoms with Crippen LogP contribution in [0.4, 0.5) is 11.5 Å². The van der Waals surface area contributed by atoms with Gasteiger partial charge in [-0.15, -0.1) is 0 Å². The minimum atomic E-state index is -0.485. The lowest BCUT2D eigenvalue weighted by molar-refractivity contribution is -0.134. The number of piperidine rings is 1. The molecule has 1 saturated carbocycles. The highest BCUT2D eigenvalue weighted by atomic mass is 16.5. The van der Waals surface area contributed by atoms with E-state index in [1.165, 1.54) is 24.9 Å². The Labute approximate surface area is 228 Å². The summed E-state index contributed by atoms with van der Waals surface area (Å²) in [7, 11) is 3.26. The third-order valence-corrected chi connectivity index (χ3v) is 7.92. The topological polar surface area (TPSA) is 114 Å². The van der Waals surface area contributed by atoms with Crippen molar-refractivity contribution in [3.8, 4) is 0 Å². The number of amides is 1. The van der Waals surface area contributed by atoms with Gasteiger partial charge in [0.25, 0.3) is 0 Å². The molecule has 5 rings (SSSR count). The minimum Gasteiger partial charge on any atom is -0.466 e. The van der Waals surface area contributed by atoms with E-state index in [2.05, 4.69) is 42.9 Å². The van der Waals surface area contributed by atoms with Gasteiger partial charge in [-0.3, -0.25) is 19.4 Å². The first-order valence-electron chi connectivity index (χ1n) is 13.7. The van der Waals surface area contributed by atoms with Gasteiger partial charge in [0.05, 0.1) is 43.0 Å². The molecular formula is C29H36N6O4. The standard InChI is InChI=1S/C29H36N6O4/c1-33-26-8-7-24(14-22(26)16-31-33)34-12-10-20(11-13-34)19-35(29(38)21-4-3-5-25(36)15-21)27-18-30-17-23(32-27)6-9-28(37)39-2/h6-9,14,16-18,20-21,25,36H,3-5,10-13,15,19H2,1-2H3/b9-6+. The fraction of sp³-hybridized carbons (Fsp3) is 0.483. The Morgan fingerprint density at radius 1 is 1.15 bits per heavy atom. The maximum absolute atomic E-state index is 13.8. The molecule has 2 aliphatic rings. The molecule has 0 radical (unpaired) electrons. The zero-order chi connectivity index (χ0) is 27.4. The number of carbonyl (C=O) groups excluding carboxylic acids is 2. The number of anilines is 2.